The minimum absolute atomic E-state index is 0.0782. The molecule has 1 N–H and O–H groups in total. The second kappa shape index (κ2) is 10.6. The molecule has 10 heteroatoms. The van der Waals surface area contributed by atoms with E-state index in [0.29, 0.717) is 11.6 Å². The number of nitrogens with zero attached hydrogens (tertiary/aromatic N) is 2. The topological polar surface area (TPSA) is 111 Å². The molecule has 0 radical (unpaired) electrons. The van der Waals surface area contributed by atoms with Crippen LogP contribution in [0.1, 0.15) is 25.3 Å². The van der Waals surface area contributed by atoms with Gasteiger partial charge in [-0.3, -0.25) is 4.79 Å². The maximum absolute atomic E-state index is 12.8. The fourth-order valence-electron chi connectivity index (χ4n) is 2.72. The lowest BCUT2D eigenvalue weighted by Crippen LogP contribution is -2.42. The van der Waals surface area contributed by atoms with Crippen molar-refractivity contribution in [2.24, 2.45) is 0 Å². The zero-order valence-corrected chi connectivity index (χ0v) is 18.7. The number of carbonyl (C=O) groups excluding carboxylic acids is 1. The molecule has 31 heavy (non-hydrogen) atoms. The van der Waals surface area contributed by atoms with Crippen LogP contribution in [0.2, 0.25) is 0 Å². The van der Waals surface area contributed by atoms with Crippen LogP contribution in [-0.2, 0) is 19.6 Å². The van der Waals surface area contributed by atoms with Crippen molar-refractivity contribution in [3.63, 3.8) is 0 Å². The standard InChI is InChI=1S/C21H23N3O5S2/c1-15(19-22-23-20(29-19)16-9-5-3-6-10-16)28-21(25)18(13-14-30-2)24-31(26,27)17-11-7-4-8-12-17/h3-12,15,18,24H,13-14H2,1-2H3. The first kappa shape index (κ1) is 23.0. The summed E-state index contributed by atoms with van der Waals surface area (Å²) in [5.41, 5.74) is 0.744. The van der Waals surface area contributed by atoms with Gasteiger partial charge in [0.15, 0.2) is 6.10 Å². The molecule has 2 atom stereocenters. The van der Waals surface area contributed by atoms with Crippen molar-refractivity contribution < 1.29 is 22.4 Å². The van der Waals surface area contributed by atoms with E-state index in [4.69, 9.17) is 9.15 Å². The summed E-state index contributed by atoms with van der Waals surface area (Å²) in [6, 6.07) is 16.0. The Balaban J connectivity index is 1.71. The summed E-state index contributed by atoms with van der Waals surface area (Å²) in [6.45, 7) is 1.59. The van der Waals surface area contributed by atoms with Gasteiger partial charge in [0.25, 0.3) is 5.89 Å². The minimum atomic E-state index is -3.88. The van der Waals surface area contributed by atoms with Crippen molar-refractivity contribution in [2.45, 2.75) is 30.4 Å². The molecule has 0 aliphatic carbocycles. The fourth-order valence-corrected chi connectivity index (χ4v) is 4.43. The number of esters is 1. The van der Waals surface area contributed by atoms with Crippen LogP contribution in [0, 0.1) is 0 Å². The van der Waals surface area contributed by atoms with Crippen molar-refractivity contribution in [1.29, 1.82) is 0 Å². The number of ether oxygens (including phenoxy) is 1. The molecule has 0 amide bonds. The van der Waals surface area contributed by atoms with E-state index in [1.807, 2.05) is 36.6 Å². The molecule has 2 aromatic carbocycles. The van der Waals surface area contributed by atoms with Crippen LogP contribution in [0.4, 0.5) is 0 Å². The first-order valence-electron chi connectivity index (χ1n) is 9.56. The average molecular weight is 462 g/mol. The molecule has 3 rings (SSSR count). The van der Waals surface area contributed by atoms with Gasteiger partial charge in [-0.15, -0.1) is 10.2 Å². The smallest absolute Gasteiger partial charge is 0.324 e. The number of hydrogen-bond donors (Lipinski definition) is 1. The van der Waals surface area contributed by atoms with Crippen molar-refractivity contribution in [3.05, 3.63) is 66.6 Å². The zero-order valence-electron chi connectivity index (χ0n) is 17.1. The molecule has 0 bridgehead atoms. The number of benzene rings is 2. The van der Waals surface area contributed by atoms with Gasteiger partial charge in [0, 0.05) is 5.56 Å². The quantitative estimate of drug-likeness (QED) is 0.457. The second-order valence-electron chi connectivity index (χ2n) is 6.66. The molecule has 164 valence electrons. The SMILES string of the molecule is CSCCC(NS(=O)(=O)c1ccccc1)C(=O)OC(C)c1nnc(-c2ccccc2)o1. The largest absolute Gasteiger partial charge is 0.451 e. The molecule has 8 nitrogen and oxygen atoms in total. The molecule has 3 aromatic rings. The highest BCUT2D eigenvalue weighted by Crippen LogP contribution is 2.23. The van der Waals surface area contributed by atoms with Crippen LogP contribution in [0.3, 0.4) is 0 Å². The molecule has 0 saturated carbocycles. The van der Waals surface area contributed by atoms with Crippen molar-refractivity contribution >= 4 is 27.8 Å². The molecule has 2 unspecified atom stereocenters. The van der Waals surface area contributed by atoms with Gasteiger partial charge in [0.05, 0.1) is 4.90 Å². The Bertz CT molecular complexity index is 1090. The number of rotatable bonds is 10. The van der Waals surface area contributed by atoms with Gasteiger partial charge in [-0.25, -0.2) is 8.42 Å². The van der Waals surface area contributed by atoms with Gasteiger partial charge in [-0.05, 0) is 49.6 Å². The molecule has 0 saturated heterocycles. The Labute approximate surface area is 185 Å². The van der Waals surface area contributed by atoms with Crippen LogP contribution in [0.25, 0.3) is 11.5 Å². The van der Waals surface area contributed by atoms with Gasteiger partial charge >= 0.3 is 5.97 Å². The Morgan fingerprint density at radius 3 is 2.39 bits per heavy atom. The van der Waals surface area contributed by atoms with Crippen LogP contribution in [0.5, 0.6) is 0 Å². The summed E-state index contributed by atoms with van der Waals surface area (Å²) in [7, 11) is -3.88. The lowest BCUT2D eigenvalue weighted by atomic mass is 10.2. The van der Waals surface area contributed by atoms with Gasteiger partial charge in [0.2, 0.25) is 15.9 Å². The normalized spacial score (nSPS) is 13.5. The van der Waals surface area contributed by atoms with Crippen molar-refractivity contribution in [2.75, 3.05) is 12.0 Å². The van der Waals surface area contributed by atoms with Gasteiger partial charge in [0.1, 0.15) is 6.04 Å². The van der Waals surface area contributed by atoms with E-state index < -0.39 is 28.1 Å². The third-order valence-corrected chi connectivity index (χ3v) is 6.48. The Morgan fingerprint density at radius 2 is 1.74 bits per heavy atom. The summed E-state index contributed by atoms with van der Waals surface area (Å²) >= 11 is 1.50. The van der Waals surface area contributed by atoms with E-state index in [9.17, 15) is 13.2 Å². The maximum atomic E-state index is 12.8. The molecule has 0 fully saturated rings. The van der Waals surface area contributed by atoms with E-state index in [0.717, 1.165) is 5.56 Å². The van der Waals surface area contributed by atoms with Crippen LogP contribution in [-0.4, -0.2) is 42.6 Å². The average Bonchev–Trinajstić information content (AvgIpc) is 3.28. The summed E-state index contributed by atoms with van der Waals surface area (Å²) in [5, 5.41) is 7.94. The number of hydrogen-bond acceptors (Lipinski definition) is 8. The Morgan fingerprint density at radius 1 is 1.10 bits per heavy atom. The maximum Gasteiger partial charge on any atom is 0.324 e. The molecule has 0 aliphatic rings. The third kappa shape index (κ3) is 6.16. The molecule has 0 aliphatic heterocycles. The monoisotopic (exact) mass is 461 g/mol. The summed E-state index contributed by atoms with van der Waals surface area (Å²) in [5.74, 6) is 0.300. The molecule has 1 aromatic heterocycles. The predicted octanol–water partition coefficient (Wildman–Crippen LogP) is 3.44. The highest BCUT2D eigenvalue weighted by molar-refractivity contribution is 7.98. The lowest BCUT2D eigenvalue weighted by molar-refractivity contribution is -0.151. The molecular formula is C21H23N3O5S2. The van der Waals surface area contributed by atoms with E-state index in [1.165, 1.54) is 23.9 Å². The third-order valence-electron chi connectivity index (χ3n) is 4.35. The highest BCUT2D eigenvalue weighted by Gasteiger charge is 2.29. The van der Waals surface area contributed by atoms with Crippen LogP contribution in [0.15, 0.2) is 70.0 Å². The number of carbonyl (C=O) groups is 1. The van der Waals surface area contributed by atoms with E-state index >= 15 is 0 Å². The number of thioether (sulfide) groups is 1. The molecule has 1 heterocycles. The zero-order chi connectivity index (χ0) is 22.3. The first-order chi connectivity index (χ1) is 14.9. The number of aromatic nitrogens is 2. The van der Waals surface area contributed by atoms with Gasteiger partial charge in [-0.2, -0.15) is 16.5 Å². The second-order valence-corrected chi connectivity index (χ2v) is 9.36. The fraction of sp³-hybridized carbons (Fsp3) is 0.286. The Kier molecular flexibility index (Phi) is 7.83. The lowest BCUT2D eigenvalue weighted by Gasteiger charge is -2.19. The highest BCUT2D eigenvalue weighted by atomic mass is 32.2. The molecule has 0 spiro atoms. The summed E-state index contributed by atoms with van der Waals surface area (Å²) < 4.78 is 38.8. The summed E-state index contributed by atoms with van der Waals surface area (Å²) in [6.07, 6.45) is 1.31. The number of nitrogens with one attached hydrogen (secondary N) is 1. The van der Waals surface area contributed by atoms with Crippen LogP contribution < -0.4 is 4.72 Å². The molecular weight excluding hydrogens is 438 g/mol. The summed E-state index contributed by atoms with van der Waals surface area (Å²) in [4.78, 5) is 12.8. The first-order valence-corrected chi connectivity index (χ1v) is 12.4. The Hall–Kier alpha value is -2.69. The predicted molar refractivity (Wildman–Crippen MR) is 118 cm³/mol. The van der Waals surface area contributed by atoms with E-state index in [1.54, 1.807) is 25.1 Å². The number of sulfonamides is 1. The van der Waals surface area contributed by atoms with E-state index in [2.05, 4.69) is 14.9 Å². The van der Waals surface area contributed by atoms with E-state index in [-0.39, 0.29) is 17.2 Å². The van der Waals surface area contributed by atoms with Crippen molar-refractivity contribution in [1.82, 2.24) is 14.9 Å². The van der Waals surface area contributed by atoms with Gasteiger partial charge < -0.3 is 9.15 Å². The van der Waals surface area contributed by atoms with Crippen LogP contribution >= 0.6 is 11.8 Å². The van der Waals surface area contributed by atoms with Crippen molar-refractivity contribution in [3.8, 4) is 11.5 Å². The minimum Gasteiger partial charge on any atom is -0.451 e. The van der Waals surface area contributed by atoms with Gasteiger partial charge in [-0.1, -0.05) is 36.4 Å².